The van der Waals surface area contributed by atoms with Gasteiger partial charge in [-0.25, -0.2) is 8.42 Å². The van der Waals surface area contributed by atoms with Crippen molar-refractivity contribution >= 4 is 27.8 Å². The fourth-order valence-electron chi connectivity index (χ4n) is 3.73. The van der Waals surface area contributed by atoms with Crippen molar-refractivity contribution in [3.05, 3.63) is 29.8 Å². The lowest BCUT2D eigenvalue weighted by Gasteiger charge is -2.34. The number of epoxide rings is 1. The maximum Gasteiger partial charge on any atom is 0.252 e. The number of carbonyl (C=O) groups excluding carboxylic acids is 3. The summed E-state index contributed by atoms with van der Waals surface area (Å²) in [6.45, 7) is 4.70. The van der Waals surface area contributed by atoms with E-state index < -0.39 is 40.1 Å². The van der Waals surface area contributed by atoms with E-state index in [1.54, 1.807) is 29.2 Å². The van der Waals surface area contributed by atoms with Crippen molar-refractivity contribution in [1.82, 2.24) is 14.5 Å². The Morgan fingerprint density at radius 1 is 1.12 bits per heavy atom. The third-order valence-electron chi connectivity index (χ3n) is 5.64. The first-order valence-electron chi connectivity index (χ1n) is 10.6. The van der Waals surface area contributed by atoms with Crippen LogP contribution in [0, 0.1) is 6.92 Å². The summed E-state index contributed by atoms with van der Waals surface area (Å²) < 4.78 is 31.8. The fraction of sp³-hybridized carbons (Fsp3) is 0.571. The quantitative estimate of drug-likeness (QED) is 0.462. The lowest BCUT2D eigenvalue weighted by atomic mass is 10.1. The van der Waals surface area contributed by atoms with Crippen molar-refractivity contribution in [2.24, 2.45) is 0 Å². The van der Waals surface area contributed by atoms with Gasteiger partial charge in [0.1, 0.15) is 6.10 Å². The minimum atomic E-state index is -3.62. The molecule has 32 heavy (non-hydrogen) atoms. The molecule has 2 amide bonds. The van der Waals surface area contributed by atoms with Crippen LogP contribution in [0.5, 0.6) is 0 Å². The van der Waals surface area contributed by atoms with Crippen LogP contribution in [0.3, 0.4) is 0 Å². The van der Waals surface area contributed by atoms with Gasteiger partial charge >= 0.3 is 0 Å². The molecule has 3 atom stereocenters. The Balaban J connectivity index is 1.53. The average Bonchev–Trinajstić information content (AvgIpc) is 3.56. The highest BCUT2D eigenvalue weighted by molar-refractivity contribution is 7.89. The molecule has 2 saturated heterocycles. The molecule has 11 heteroatoms. The van der Waals surface area contributed by atoms with Gasteiger partial charge in [-0.2, -0.15) is 4.31 Å². The molecule has 3 unspecified atom stereocenters. The first-order valence-corrected chi connectivity index (χ1v) is 12.1. The first-order chi connectivity index (χ1) is 15.1. The van der Waals surface area contributed by atoms with E-state index in [9.17, 15) is 27.9 Å². The van der Waals surface area contributed by atoms with Gasteiger partial charge in [0.05, 0.1) is 10.9 Å². The second-order valence-corrected chi connectivity index (χ2v) is 10.0. The number of nitrogens with one attached hydrogen (secondary N) is 1. The smallest absolute Gasteiger partial charge is 0.252 e. The molecule has 10 nitrogen and oxygen atoms in total. The molecule has 1 aromatic carbocycles. The van der Waals surface area contributed by atoms with E-state index in [0.717, 1.165) is 12.0 Å². The second kappa shape index (κ2) is 9.97. The van der Waals surface area contributed by atoms with Crippen LogP contribution in [-0.2, 0) is 29.1 Å². The molecule has 2 aliphatic rings. The molecule has 1 N–H and O–H groups in total. The monoisotopic (exact) mass is 466 g/mol. The van der Waals surface area contributed by atoms with Gasteiger partial charge < -0.3 is 24.9 Å². The Kier molecular flexibility index (Phi) is 7.52. The van der Waals surface area contributed by atoms with Gasteiger partial charge in [-0.05, 0) is 25.5 Å². The zero-order valence-electron chi connectivity index (χ0n) is 18.2. The Bertz CT molecular complexity index is 956. The van der Waals surface area contributed by atoms with Crippen LogP contribution >= 0.6 is 0 Å². The third kappa shape index (κ3) is 5.64. The van der Waals surface area contributed by atoms with Crippen molar-refractivity contribution in [3.63, 3.8) is 0 Å². The van der Waals surface area contributed by atoms with Crippen molar-refractivity contribution in [1.29, 1.82) is 0 Å². The summed E-state index contributed by atoms with van der Waals surface area (Å²) in [5, 5.41) is 13.4. The van der Waals surface area contributed by atoms with E-state index in [4.69, 9.17) is 4.74 Å². The molecule has 3 rings (SSSR count). The molecule has 0 radical (unpaired) electrons. The minimum absolute atomic E-state index is 0.0486. The van der Waals surface area contributed by atoms with Gasteiger partial charge in [-0.3, -0.25) is 9.59 Å². The predicted octanol–water partition coefficient (Wildman–Crippen LogP) is -0.980. The van der Waals surface area contributed by atoms with Gasteiger partial charge in [-0.15, -0.1) is 0 Å². The second-order valence-electron chi connectivity index (χ2n) is 8.09. The number of sulfonamides is 1. The van der Waals surface area contributed by atoms with E-state index >= 15 is 0 Å². The van der Waals surface area contributed by atoms with Crippen LogP contribution in [0.25, 0.3) is 0 Å². The first kappa shape index (κ1) is 24.1. The molecule has 2 aliphatic heterocycles. The number of carbonyl (C=O) groups is 3. The van der Waals surface area contributed by atoms with Crippen LogP contribution < -0.4 is 10.4 Å². The molecular formula is C21H28N3O7S-. The number of hydrogen-bond donors (Lipinski definition) is 1. The summed E-state index contributed by atoms with van der Waals surface area (Å²) in [6, 6.07) is 6.19. The summed E-state index contributed by atoms with van der Waals surface area (Å²) in [5.74, 6) is -2.20. The number of ether oxygens (including phenoxy) is 1. The Morgan fingerprint density at radius 3 is 2.28 bits per heavy atom. The van der Waals surface area contributed by atoms with E-state index in [2.05, 4.69) is 5.32 Å². The van der Waals surface area contributed by atoms with Crippen LogP contribution in [-0.4, -0.2) is 79.8 Å². The molecule has 1 aromatic rings. The molecule has 2 heterocycles. The minimum Gasteiger partial charge on any atom is -0.547 e. The van der Waals surface area contributed by atoms with Crippen molar-refractivity contribution < 1.29 is 32.6 Å². The highest BCUT2D eigenvalue weighted by Gasteiger charge is 2.46. The van der Waals surface area contributed by atoms with Gasteiger partial charge in [0.25, 0.3) is 5.91 Å². The summed E-state index contributed by atoms with van der Waals surface area (Å²) in [7, 11) is -3.62. The summed E-state index contributed by atoms with van der Waals surface area (Å²) in [4.78, 5) is 37.5. The number of piperazine rings is 1. The number of amides is 2. The van der Waals surface area contributed by atoms with Crippen LogP contribution in [0.4, 0.5) is 0 Å². The van der Waals surface area contributed by atoms with E-state index in [-0.39, 0.29) is 43.4 Å². The number of nitrogens with zero attached hydrogens (tertiary/aromatic N) is 2. The number of rotatable bonds is 9. The number of hydrogen-bond acceptors (Lipinski definition) is 7. The van der Waals surface area contributed by atoms with Crippen molar-refractivity contribution in [2.45, 2.75) is 56.3 Å². The lowest BCUT2D eigenvalue weighted by Crippen LogP contribution is -2.51. The molecule has 0 aliphatic carbocycles. The zero-order valence-corrected chi connectivity index (χ0v) is 19.0. The average molecular weight is 467 g/mol. The predicted molar refractivity (Wildman–Crippen MR) is 112 cm³/mol. The van der Waals surface area contributed by atoms with E-state index in [1.165, 1.54) is 4.31 Å². The number of benzene rings is 1. The van der Waals surface area contributed by atoms with Crippen LogP contribution in [0.15, 0.2) is 29.2 Å². The lowest BCUT2D eigenvalue weighted by molar-refractivity contribution is -0.307. The standard InChI is InChI=1S/C21H29N3O7S/c1-3-4-15(22-20(26)18-19(31-18)21(27)28)13-17(25)23-9-11-24(12-10-23)32(29,30)16-7-5-14(2)6-8-16/h5-8,15,18-19H,3-4,9-13H2,1-2H3,(H,22,26)(H,27,28)/p-1. The van der Waals surface area contributed by atoms with Crippen molar-refractivity contribution in [2.75, 3.05) is 26.2 Å². The normalized spacial score (nSPS) is 22.2. The highest BCUT2D eigenvalue weighted by atomic mass is 32.2. The van der Waals surface area contributed by atoms with Gasteiger partial charge in [-0.1, -0.05) is 31.0 Å². The number of aryl methyl sites for hydroxylation is 1. The Labute approximate surface area is 187 Å². The molecule has 176 valence electrons. The van der Waals surface area contributed by atoms with Crippen LogP contribution in [0.1, 0.15) is 31.7 Å². The molecular weight excluding hydrogens is 438 g/mol. The van der Waals surface area contributed by atoms with E-state index in [0.29, 0.717) is 6.42 Å². The molecule has 0 spiro atoms. The highest BCUT2D eigenvalue weighted by Crippen LogP contribution is 2.22. The summed E-state index contributed by atoms with van der Waals surface area (Å²) in [5.41, 5.74) is 0.969. The van der Waals surface area contributed by atoms with Gasteiger partial charge in [0.15, 0.2) is 6.10 Å². The summed E-state index contributed by atoms with van der Waals surface area (Å²) in [6.07, 6.45) is -1.01. The molecule has 0 saturated carbocycles. The van der Waals surface area contributed by atoms with Crippen LogP contribution in [0.2, 0.25) is 0 Å². The molecule has 2 fully saturated rings. The fourth-order valence-corrected chi connectivity index (χ4v) is 5.15. The topological polar surface area (TPSA) is 139 Å². The summed E-state index contributed by atoms with van der Waals surface area (Å²) >= 11 is 0. The Morgan fingerprint density at radius 2 is 1.75 bits per heavy atom. The van der Waals surface area contributed by atoms with Crippen molar-refractivity contribution in [3.8, 4) is 0 Å². The van der Waals surface area contributed by atoms with E-state index in [1.807, 2.05) is 13.8 Å². The van der Waals surface area contributed by atoms with Gasteiger partial charge in [0, 0.05) is 38.6 Å². The zero-order chi connectivity index (χ0) is 23.5. The SMILES string of the molecule is CCCC(CC(=O)N1CCN(S(=O)(=O)c2ccc(C)cc2)CC1)NC(=O)C1OC1C(=O)[O-]. The number of carboxylic acid groups (broad SMARTS) is 1. The maximum absolute atomic E-state index is 12.8. The third-order valence-corrected chi connectivity index (χ3v) is 7.55. The molecule has 0 bridgehead atoms. The largest absolute Gasteiger partial charge is 0.547 e. The molecule has 0 aromatic heterocycles. The van der Waals surface area contributed by atoms with Gasteiger partial charge in [0.2, 0.25) is 15.9 Å². The maximum atomic E-state index is 12.8. The Hall–Kier alpha value is -2.50. The number of carboxylic acids is 1. The number of aliphatic carboxylic acids is 1.